The maximum Gasteiger partial charge on any atom is 0.328 e. The van der Waals surface area contributed by atoms with Crippen molar-refractivity contribution in [2.24, 2.45) is 0 Å². The van der Waals surface area contributed by atoms with Gasteiger partial charge in [0.1, 0.15) is 5.57 Å². The molecule has 9 heteroatoms. The first-order chi connectivity index (χ1) is 10.8. The van der Waals surface area contributed by atoms with Gasteiger partial charge in [-0.2, -0.15) is 0 Å². The van der Waals surface area contributed by atoms with Gasteiger partial charge in [-0.3, -0.25) is 25.0 Å². The normalized spacial score (nSPS) is 14.0. The summed E-state index contributed by atoms with van der Waals surface area (Å²) in [5, 5.41) is 3.94. The minimum absolute atomic E-state index is 0.182. The maximum atomic E-state index is 11.7. The fourth-order valence-electron chi connectivity index (χ4n) is 1.82. The fourth-order valence-corrected chi connectivity index (χ4v) is 2.25. The Labute approximate surface area is 138 Å². The molecule has 120 valence electrons. The van der Waals surface area contributed by atoms with Crippen molar-refractivity contribution < 1.29 is 28.7 Å². The SMILES string of the molecule is COc1cc(C=C2C(=O)NC(=O)NC2=O)c(Br)cc1OC(C)=O. The maximum absolute atomic E-state index is 11.7. The van der Waals surface area contributed by atoms with E-state index in [1.165, 1.54) is 32.2 Å². The second kappa shape index (κ2) is 6.61. The number of rotatable bonds is 3. The monoisotopic (exact) mass is 382 g/mol. The molecule has 1 aromatic rings. The van der Waals surface area contributed by atoms with Crippen molar-refractivity contribution >= 4 is 45.8 Å². The van der Waals surface area contributed by atoms with Crippen LogP contribution in [0.15, 0.2) is 22.2 Å². The minimum atomic E-state index is -0.876. The van der Waals surface area contributed by atoms with Crippen molar-refractivity contribution in [2.45, 2.75) is 6.92 Å². The fraction of sp³-hybridized carbons (Fsp3) is 0.143. The second-order valence-corrected chi connectivity index (χ2v) is 5.27. The minimum Gasteiger partial charge on any atom is -0.493 e. The highest BCUT2D eigenvalue weighted by Gasteiger charge is 2.28. The lowest BCUT2D eigenvalue weighted by Gasteiger charge is -2.15. The number of esters is 1. The third-order valence-electron chi connectivity index (χ3n) is 2.78. The number of ether oxygens (including phenoxy) is 2. The molecule has 2 N–H and O–H groups in total. The molecule has 0 bridgehead atoms. The topological polar surface area (TPSA) is 111 Å². The van der Waals surface area contributed by atoms with E-state index in [0.29, 0.717) is 10.0 Å². The standard InChI is InChI=1S/C14H11BrN2O6/c1-6(18)23-11-5-9(15)7(4-10(11)22-2)3-8-12(19)16-14(21)17-13(8)20/h3-5H,1-2H3,(H2,16,17,19,20,21). The number of amides is 4. The van der Waals surface area contributed by atoms with Gasteiger partial charge in [-0.1, -0.05) is 15.9 Å². The summed E-state index contributed by atoms with van der Waals surface area (Å²) in [5.41, 5.74) is 0.181. The number of halogens is 1. The van der Waals surface area contributed by atoms with Crippen molar-refractivity contribution in [3.8, 4) is 11.5 Å². The smallest absolute Gasteiger partial charge is 0.328 e. The zero-order valence-corrected chi connectivity index (χ0v) is 13.6. The largest absolute Gasteiger partial charge is 0.493 e. The van der Waals surface area contributed by atoms with E-state index >= 15 is 0 Å². The van der Waals surface area contributed by atoms with Crippen LogP contribution in [0.25, 0.3) is 6.08 Å². The van der Waals surface area contributed by atoms with Gasteiger partial charge in [-0.05, 0) is 23.8 Å². The molecule has 0 saturated carbocycles. The van der Waals surface area contributed by atoms with Gasteiger partial charge in [-0.25, -0.2) is 4.79 Å². The molecule has 4 amide bonds. The number of nitrogens with one attached hydrogen (secondary N) is 2. The van der Waals surface area contributed by atoms with Crippen LogP contribution in [0.1, 0.15) is 12.5 Å². The van der Waals surface area contributed by atoms with Crippen LogP contribution in [0.4, 0.5) is 4.79 Å². The van der Waals surface area contributed by atoms with E-state index in [4.69, 9.17) is 9.47 Å². The zero-order valence-electron chi connectivity index (χ0n) is 12.1. The third-order valence-corrected chi connectivity index (χ3v) is 3.47. The van der Waals surface area contributed by atoms with Gasteiger partial charge in [0, 0.05) is 11.4 Å². The number of imide groups is 2. The number of urea groups is 1. The van der Waals surface area contributed by atoms with E-state index in [0.717, 1.165) is 0 Å². The van der Waals surface area contributed by atoms with Gasteiger partial charge in [0.2, 0.25) is 0 Å². The Morgan fingerprint density at radius 2 is 1.74 bits per heavy atom. The number of methoxy groups -OCH3 is 1. The Kier molecular flexibility index (Phi) is 4.80. The van der Waals surface area contributed by atoms with Crippen LogP contribution in [0.2, 0.25) is 0 Å². The summed E-state index contributed by atoms with van der Waals surface area (Å²) in [7, 11) is 1.38. The van der Waals surface area contributed by atoms with Crippen LogP contribution in [0, 0.1) is 0 Å². The summed E-state index contributed by atoms with van der Waals surface area (Å²) < 4.78 is 10.6. The lowest BCUT2D eigenvalue weighted by Crippen LogP contribution is -2.51. The van der Waals surface area contributed by atoms with Crippen molar-refractivity contribution in [3.63, 3.8) is 0 Å². The lowest BCUT2D eigenvalue weighted by atomic mass is 10.1. The molecule has 0 atom stereocenters. The Hall–Kier alpha value is -2.68. The number of benzene rings is 1. The van der Waals surface area contributed by atoms with Crippen molar-refractivity contribution in [1.29, 1.82) is 0 Å². The average Bonchev–Trinajstić information content (AvgIpc) is 2.44. The molecule has 0 unspecified atom stereocenters. The molecule has 23 heavy (non-hydrogen) atoms. The first kappa shape index (κ1) is 16.7. The predicted octanol–water partition coefficient (Wildman–Crippen LogP) is 1.13. The highest BCUT2D eigenvalue weighted by atomic mass is 79.9. The van der Waals surface area contributed by atoms with Crippen molar-refractivity contribution in [1.82, 2.24) is 10.6 Å². The second-order valence-electron chi connectivity index (χ2n) is 4.41. The molecule has 2 rings (SSSR count). The van der Waals surface area contributed by atoms with Gasteiger partial charge >= 0.3 is 12.0 Å². The summed E-state index contributed by atoms with van der Waals surface area (Å²) in [4.78, 5) is 45.5. The molecular weight excluding hydrogens is 372 g/mol. The summed E-state index contributed by atoms with van der Waals surface area (Å²) >= 11 is 3.26. The van der Waals surface area contributed by atoms with Crippen molar-refractivity contribution in [2.75, 3.05) is 7.11 Å². The van der Waals surface area contributed by atoms with Crippen molar-refractivity contribution in [3.05, 3.63) is 27.7 Å². The Morgan fingerprint density at radius 1 is 1.13 bits per heavy atom. The zero-order chi connectivity index (χ0) is 17.1. The first-order valence-electron chi connectivity index (χ1n) is 6.26. The molecular formula is C14H11BrN2O6. The number of carbonyl (C=O) groups excluding carboxylic acids is 4. The Morgan fingerprint density at radius 3 is 2.26 bits per heavy atom. The van der Waals surface area contributed by atoms with Gasteiger partial charge < -0.3 is 9.47 Å². The van der Waals surface area contributed by atoms with E-state index in [2.05, 4.69) is 15.9 Å². The van der Waals surface area contributed by atoms with Crippen LogP contribution in [0.5, 0.6) is 11.5 Å². The van der Waals surface area contributed by atoms with Gasteiger partial charge in [0.25, 0.3) is 11.8 Å². The van der Waals surface area contributed by atoms with Gasteiger partial charge in [0.15, 0.2) is 11.5 Å². The lowest BCUT2D eigenvalue weighted by molar-refractivity contribution is -0.132. The van der Waals surface area contributed by atoms with E-state index in [9.17, 15) is 19.2 Å². The summed E-state index contributed by atoms with van der Waals surface area (Å²) in [6.45, 7) is 1.25. The molecule has 1 aliphatic heterocycles. The number of carbonyl (C=O) groups is 4. The number of hydrogen-bond acceptors (Lipinski definition) is 6. The molecule has 0 aliphatic carbocycles. The van der Waals surface area contributed by atoms with Crippen LogP contribution in [0.3, 0.4) is 0 Å². The third kappa shape index (κ3) is 3.75. The molecule has 1 fully saturated rings. The van der Waals surface area contributed by atoms with Crippen LogP contribution in [-0.2, 0) is 14.4 Å². The van der Waals surface area contributed by atoms with Crippen LogP contribution >= 0.6 is 15.9 Å². The number of barbiturate groups is 1. The Balaban J connectivity index is 2.45. The average molecular weight is 383 g/mol. The number of hydrogen-bond donors (Lipinski definition) is 2. The summed E-state index contributed by atoms with van der Waals surface area (Å²) in [5.74, 6) is -1.72. The van der Waals surface area contributed by atoms with E-state index < -0.39 is 23.8 Å². The molecule has 1 saturated heterocycles. The summed E-state index contributed by atoms with van der Waals surface area (Å²) in [6, 6.07) is 2.07. The van der Waals surface area contributed by atoms with E-state index in [1.54, 1.807) is 0 Å². The predicted molar refractivity (Wildman–Crippen MR) is 81.7 cm³/mol. The summed E-state index contributed by atoms with van der Waals surface area (Å²) in [6.07, 6.45) is 1.28. The molecule has 1 heterocycles. The van der Waals surface area contributed by atoms with E-state index in [-0.39, 0.29) is 17.1 Å². The molecule has 1 aliphatic rings. The van der Waals surface area contributed by atoms with Gasteiger partial charge in [-0.15, -0.1) is 0 Å². The van der Waals surface area contributed by atoms with Crippen LogP contribution < -0.4 is 20.1 Å². The highest BCUT2D eigenvalue weighted by Crippen LogP contribution is 2.34. The molecule has 0 radical (unpaired) electrons. The molecule has 8 nitrogen and oxygen atoms in total. The highest BCUT2D eigenvalue weighted by molar-refractivity contribution is 9.10. The van der Waals surface area contributed by atoms with E-state index in [1.807, 2.05) is 10.6 Å². The van der Waals surface area contributed by atoms with Crippen LogP contribution in [-0.4, -0.2) is 30.9 Å². The Bertz CT molecular complexity index is 734. The quantitative estimate of drug-likeness (QED) is 0.351. The first-order valence-corrected chi connectivity index (χ1v) is 7.05. The molecule has 0 spiro atoms. The molecule has 1 aromatic carbocycles. The molecule has 0 aromatic heterocycles. The van der Waals surface area contributed by atoms with Gasteiger partial charge in [0.05, 0.1) is 7.11 Å².